The van der Waals surface area contributed by atoms with E-state index in [0.717, 1.165) is 27.2 Å². The first-order chi connectivity index (χ1) is 25.3. The minimum absolute atomic E-state index is 0.0406. The molecule has 14 nitrogen and oxygen atoms in total. The molecule has 2 aliphatic rings. The minimum atomic E-state index is -0.810. The van der Waals surface area contributed by atoms with Gasteiger partial charge in [-0.2, -0.15) is 0 Å². The van der Waals surface area contributed by atoms with Crippen molar-refractivity contribution in [3.05, 3.63) is 54.9 Å². The molecule has 0 radical (unpaired) electrons. The molecule has 3 heterocycles. The fourth-order valence-corrected chi connectivity index (χ4v) is 7.69. The number of rotatable bonds is 13. The van der Waals surface area contributed by atoms with Gasteiger partial charge in [0, 0.05) is 30.0 Å². The molecule has 0 aliphatic carbocycles. The van der Waals surface area contributed by atoms with Crippen LogP contribution in [0.2, 0.25) is 0 Å². The molecule has 284 valence electrons. The van der Waals surface area contributed by atoms with Crippen LogP contribution in [0, 0.1) is 11.8 Å². The second-order valence-corrected chi connectivity index (χ2v) is 15.0. The maximum atomic E-state index is 13.5. The van der Waals surface area contributed by atoms with Crippen molar-refractivity contribution < 1.29 is 33.4 Å². The summed E-state index contributed by atoms with van der Waals surface area (Å²) in [5.41, 5.74) is 2.82. The molecule has 2 fully saturated rings. The summed E-state index contributed by atoms with van der Waals surface area (Å²) >= 11 is 1.47. The molecule has 5 rings (SSSR count). The van der Waals surface area contributed by atoms with E-state index in [1.807, 2.05) is 64.1 Å². The van der Waals surface area contributed by atoms with Gasteiger partial charge < -0.3 is 40.5 Å². The third kappa shape index (κ3) is 9.07. The molecule has 0 unspecified atom stereocenters. The summed E-state index contributed by atoms with van der Waals surface area (Å²) in [5, 5.41) is 12.3. The number of hydrogen-bond donors (Lipinski definition) is 4. The SMILES string of the molecule is C=C(N[C@H](C(=O)N1CCC[C@H]1C(=O)Nc1ccc(-c2nc3ccc(NC(=O)[C@@H]4CCCN4C(=O)[C@@H](NC(=O)OC)C(C)C)cc3s2)cc1)C(C)C)OC. The summed E-state index contributed by atoms with van der Waals surface area (Å²) in [7, 11) is 2.73. The van der Waals surface area contributed by atoms with E-state index < -0.39 is 30.3 Å². The Labute approximate surface area is 313 Å². The Balaban J connectivity index is 1.22. The summed E-state index contributed by atoms with van der Waals surface area (Å²) in [6.07, 6.45) is 1.80. The summed E-state index contributed by atoms with van der Waals surface area (Å²) in [6, 6.07) is 10.2. The fourth-order valence-electron chi connectivity index (χ4n) is 6.68. The van der Waals surface area contributed by atoms with Crippen LogP contribution in [0.25, 0.3) is 20.8 Å². The number of methoxy groups -OCH3 is 2. The lowest BCUT2D eigenvalue weighted by atomic mass is 10.0. The molecule has 15 heteroatoms. The van der Waals surface area contributed by atoms with Crippen LogP contribution in [0.5, 0.6) is 0 Å². The number of alkyl carbamates (subject to hydrolysis) is 1. The lowest BCUT2D eigenvalue weighted by Gasteiger charge is -2.31. The number of aromatic nitrogens is 1. The highest BCUT2D eigenvalue weighted by Gasteiger charge is 2.40. The van der Waals surface area contributed by atoms with Gasteiger partial charge in [0.25, 0.3) is 0 Å². The van der Waals surface area contributed by atoms with Gasteiger partial charge in [-0.05, 0) is 86.6 Å². The van der Waals surface area contributed by atoms with Crippen LogP contribution in [-0.4, -0.2) is 96.0 Å². The van der Waals surface area contributed by atoms with Gasteiger partial charge in [0.1, 0.15) is 29.2 Å². The standard InChI is InChI=1S/C38H49N7O7S/c1-21(2)31(39-23(5)51-6)36(48)44-18-8-10-28(44)33(46)40-25-14-12-24(13-15-25)35-42-27-17-16-26(20-30(27)53-35)41-34(47)29-11-9-19-45(29)37(49)32(22(3)4)43-38(50)52-7/h12-17,20-22,28-29,31-32,39H,5,8-11,18-19H2,1-4,6-7H3,(H,40,46)(H,41,47)(H,43,50)/t28-,29-,31-,32-/m0/s1. The van der Waals surface area contributed by atoms with Crippen molar-refractivity contribution in [3.63, 3.8) is 0 Å². The Morgan fingerprint density at radius 2 is 1.30 bits per heavy atom. The molecule has 4 N–H and O–H groups in total. The number of ether oxygens (including phenoxy) is 2. The van der Waals surface area contributed by atoms with E-state index in [1.54, 1.807) is 11.0 Å². The van der Waals surface area contributed by atoms with Crippen molar-refractivity contribution in [2.75, 3.05) is 37.9 Å². The molecule has 2 aliphatic heterocycles. The molecule has 4 atom stereocenters. The van der Waals surface area contributed by atoms with Crippen LogP contribution in [0.15, 0.2) is 54.9 Å². The van der Waals surface area contributed by atoms with Crippen LogP contribution < -0.4 is 21.3 Å². The Hall–Kier alpha value is -5.18. The highest BCUT2D eigenvalue weighted by atomic mass is 32.1. The normalized spacial score (nSPS) is 18.1. The fraction of sp³-hybridized carbons (Fsp3) is 0.474. The summed E-state index contributed by atoms with van der Waals surface area (Å²) in [6.45, 7) is 12.2. The number of carbonyl (C=O) groups excluding carboxylic acids is 5. The highest BCUT2D eigenvalue weighted by Crippen LogP contribution is 2.33. The zero-order valence-corrected chi connectivity index (χ0v) is 31.9. The monoisotopic (exact) mass is 747 g/mol. The van der Waals surface area contributed by atoms with E-state index in [1.165, 1.54) is 30.5 Å². The minimum Gasteiger partial charge on any atom is -0.483 e. The maximum Gasteiger partial charge on any atom is 0.407 e. The third-order valence-corrected chi connectivity index (χ3v) is 10.7. The lowest BCUT2D eigenvalue weighted by Crippen LogP contribution is -2.54. The molecule has 2 saturated heterocycles. The highest BCUT2D eigenvalue weighted by molar-refractivity contribution is 7.21. The lowest BCUT2D eigenvalue weighted by molar-refractivity contribution is -0.139. The number of nitrogens with zero attached hydrogens (tertiary/aromatic N) is 3. The number of hydrogen-bond acceptors (Lipinski definition) is 10. The van der Waals surface area contributed by atoms with Crippen LogP contribution in [0.4, 0.5) is 16.2 Å². The summed E-state index contributed by atoms with van der Waals surface area (Å²) in [5.74, 6) is -0.953. The van der Waals surface area contributed by atoms with Gasteiger partial charge in [-0.15, -0.1) is 11.3 Å². The predicted molar refractivity (Wildman–Crippen MR) is 204 cm³/mol. The molecule has 1 aromatic heterocycles. The predicted octanol–water partition coefficient (Wildman–Crippen LogP) is 4.93. The zero-order valence-electron chi connectivity index (χ0n) is 31.1. The number of anilines is 2. The van der Waals surface area contributed by atoms with E-state index in [0.29, 0.717) is 49.6 Å². The van der Waals surface area contributed by atoms with Gasteiger partial charge in [0.05, 0.1) is 24.4 Å². The van der Waals surface area contributed by atoms with Crippen molar-refractivity contribution in [3.8, 4) is 10.6 Å². The van der Waals surface area contributed by atoms with Crippen LogP contribution in [0.1, 0.15) is 53.4 Å². The van der Waals surface area contributed by atoms with Crippen molar-refractivity contribution in [2.45, 2.75) is 77.5 Å². The first-order valence-electron chi connectivity index (χ1n) is 17.9. The average molecular weight is 748 g/mol. The van der Waals surface area contributed by atoms with Gasteiger partial charge in [-0.3, -0.25) is 19.2 Å². The molecular weight excluding hydrogens is 699 g/mol. The first-order valence-corrected chi connectivity index (χ1v) is 18.7. The quantitative estimate of drug-likeness (QED) is 0.177. The van der Waals surface area contributed by atoms with Crippen molar-refractivity contribution in [2.24, 2.45) is 11.8 Å². The number of benzene rings is 2. The Bertz CT molecular complexity index is 1840. The van der Waals surface area contributed by atoms with E-state index >= 15 is 0 Å². The molecule has 0 bridgehead atoms. The van der Waals surface area contributed by atoms with E-state index in [2.05, 4.69) is 27.8 Å². The average Bonchev–Trinajstić information content (AvgIpc) is 3.92. The van der Waals surface area contributed by atoms with Crippen LogP contribution >= 0.6 is 11.3 Å². The first kappa shape index (κ1) is 39.0. The molecule has 5 amide bonds. The Kier molecular flexibility index (Phi) is 12.6. The van der Waals surface area contributed by atoms with Crippen molar-refractivity contribution >= 4 is 62.7 Å². The molecule has 2 aromatic carbocycles. The number of amides is 5. The van der Waals surface area contributed by atoms with Gasteiger partial charge in [-0.1, -0.05) is 27.7 Å². The zero-order chi connectivity index (χ0) is 38.4. The number of fused-ring (bicyclic) bond motifs is 1. The second-order valence-electron chi connectivity index (χ2n) is 14.0. The summed E-state index contributed by atoms with van der Waals surface area (Å²) < 4.78 is 10.7. The van der Waals surface area contributed by atoms with Gasteiger partial charge in [-0.25, -0.2) is 9.78 Å². The Morgan fingerprint density at radius 1 is 0.774 bits per heavy atom. The van der Waals surface area contributed by atoms with Gasteiger partial charge >= 0.3 is 6.09 Å². The topological polar surface area (TPSA) is 171 Å². The van der Waals surface area contributed by atoms with E-state index in [4.69, 9.17) is 14.5 Å². The third-order valence-electron chi connectivity index (χ3n) is 9.62. The number of thiazole rings is 1. The Morgan fingerprint density at radius 3 is 1.83 bits per heavy atom. The molecule has 0 saturated carbocycles. The van der Waals surface area contributed by atoms with Gasteiger partial charge in [0.2, 0.25) is 23.6 Å². The number of likely N-dealkylation sites (tertiary alicyclic amines) is 2. The van der Waals surface area contributed by atoms with Crippen LogP contribution in [-0.2, 0) is 28.7 Å². The smallest absolute Gasteiger partial charge is 0.407 e. The second kappa shape index (κ2) is 17.1. The van der Waals surface area contributed by atoms with Crippen molar-refractivity contribution in [1.29, 1.82) is 0 Å². The number of nitrogens with one attached hydrogen (secondary N) is 4. The van der Waals surface area contributed by atoms with Gasteiger partial charge in [0.15, 0.2) is 5.88 Å². The number of carbonyl (C=O) groups is 5. The molecule has 3 aromatic rings. The van der Waals surface area contributed by atoms with Crippen LogP contribution in [0.3, 0.4) is 0 Å². The molecular formula is C38H49N7O7S. The maximum absolute atomic E-state index is 13.5. The molecule has 0 spiro atoms. The van der Waals surface area contributed by atoms with Crippen molar-refractivity contribution in [1.82, 2.24) is 25.4 Å². The molecule has 53 heavy (non-hydrogen) atoms. The van der Waals surface area contributed by atoms with E-state index in [9.17, 15) is 24.0 Å². The van der Waals surface area contributed by atoms with E-state index in [-0.39, 0.29) is 35.5 Å². The summed E-state index contributed by atoms with van der Waals surface area (Å²) in [4.78, 5) is 73.5. The largest absolute Gasteiger partial charge is 0.483 e.